The molecule has 0 amide bonds. The van der Waals surface area contributed by atoms with Gasteiger partial charge in [-0.1, -0.05) is 17.7 Å². The average Bonchev–Trinajstić information content (AvgIpc) is 3.02. The summed E-state index contributed by atoms with van der Waals surface area (Å²) in [6, 6.07) is 11.6. The molecule has 1 aliphatic rings. The Morgan fingerprint density at radius 3 is 2.67 bits per heavy atom. The van der Waals surface area contributed by atoms with Crippen LogP contribution in [-0.2, 0) is 21.2 Å². The van der Waals surface area contributed by atoms with E-state index >= 15 is 0 Å². The van der Waals surface area contributed by atoms with Gasteiger partial charge in [0.1, 0.15) is 5.75 Å². The largest absolute Gasteiger partial charge is 0.482 e. The molecule has 0 fully saturated rings. The zero-order valence-corrected chi connectivity index (χ0v) is 16.1. The molecular formula is C19H20ClNO5S. The highest BCUT2D eigenvalue weighted by Crippen LogP contribution is 2.37. The van der Waals surface area contributed by atoms with Crippen LogP contribution in [0.2, 0.25) is 5.02 Å². The highest BCUT2D eigenvalue weighted by atomic mass is 35.5. The number of carbonyl (C=O) groups is 1. The fraction of sp³-hybridized carbons (Fsp3) is 0.316. The number of aryl methyl sites for hydroxylation is 1. The smallest absolute Gasteiger partial charge is 0.341 e. The average molecular weight is 410 g/mol. The molecular weight excluding hydrogens is 390 g/mol. The van der Waals surface area contributed by atoms with E-state index in [2.05, 4.69) is 4.72 Å². The number of nitrogens with one attached hydrogen (secondary N) is 1. The van der Waals surface area contributed by atoms with Gasteiger partial charge in [-0.3, -0.25) is 0 Å². The van der Waals surface area contributed by atoms with E-state index < -0.39 is 16.0 Å². The van der Waals surface area contributed by atoms with Crippen LogP contribution >= 0.6 is 11.6 Å². The molecule has 1 unspecified atom stereocenters. The number of sulfonamides is 1. The molecule has 27 heavy (non-hydrogen) atoms. The maximum Gasteiger partial charge on any atom is 0.341 e. The third-order valence-corrected chi connectivity index (χ3v) is 6.32. The predicted molar refractivity (Wildman–Crippen MR) is 102 cm³/mol. The van der Waals surface area contributed by atoms with E-state index in [1.165, 1.54) is 17.7 Å². The molecule has 0 aliphatic heterocycles. The number of fused-ring (bicyclic) bond motifs is 1. The van der Waals surface area contributed by atoms with Gasteiger partial charge >= 0.3 is 5.97 Å². The van der Waals surface area contributed by atoms with E-state index in [0.29, 0.717) is 23.7 Å². The molecule has 0 aromatic heterocycles. The van der Waals surface area contributed by atoms with E-state index in [1.807, 2.05) is 12.1 Å². The number of benzene rings is 2. The number of aliphatic carboxylic acids is 1. The van der Waals surface area contributed by atoms with Crippen molar-refractivity contribution in [3.05, 3.63) is 58.6 Å². The first-order valence-electron chi connectivity index (χ1n) is 8.58. The van der Waals surface area contributed by atoms with Crippen LogP contribution < -0.4 is 9.46 Å². The summed E-state index contributed by atoms with van der Waals surface area (Å²) in [5.41, 5.74) is 2.30. The lowest BCUT2D eigenvalue weighted by molar-refractivity contribution is -0.139. The SMILES string of the molecule is O=C(O)COc1ccc2c(c1)CCC2CCNS(=O)(=O)c1ccc(Cl)cc1. The van der Waals surface area contributed by atoms with Crippen LogP contribution in [0.5, 0.6) is 5.75 Å². The van der Waals surface area contributed by atoms with Crippen LogP contribution in [0, 0.1) is 0 Å². The lowest BCUT2D eigenvalue weighted by Gasteiger charge is -2.13. The lowest BCUT2D eigenvalue weighted by atomic mass is 9.98. The minimum Gasteiger partial charge on any atom is -0.482 e. The quantitative estimate of drug-likeness (QED) is 0.698. The summed E-state index contributed by atoms with van der Waals surface area (Å²) < 4.78 is 32.5. The Hall–Kier alpha value is -2.09. The summed E-state index contributed by atoms with van der Waals surface area (Å²) in [5.74, 6) is -0.206. The lowest BCUT2D eigenvalue weighted by Crippen LogP contribution is -2.25. The van der Waals surface area contributed by atoms with Crippen molar-refractivity contribution in [2.75, 3.05) is 13.2 Å². The van der Waals surface area contributed by atoms with Crippen LogP contribution in [0.15, 0.2) is 47.4 Å². The second-order valence-electron chi connectivity index (χ2n) is 6.42. The maximum atomic E-state index is 12.3. The molecule has 1 atom stereocenters. The van der Waals surface area contributed by atoms with Crippen LogP contribution in [0.25, 0.3) is 0 Å². The first kappa shape index (κ1) is 19.7. The first-order chi connectivity index (χ1) is 12.8. The van der Waals surface area contributed by atoms with Crippen LogP contribution in [0.1, 0.15) is 29.9 Å². The molecule has 2 N–H and O–H groups in total. The molecule has 0 bridgehead atoms. The molecule has 8 heteroatoms. The van der Waals surface area contributed by atoms with Crippen molar-refractivity contribution in [3.8, 4) is 5.75 Å². The Balaban J connectivity index is 1.57. The van der Waals surface area contributed by atoms with Crippen LogP contribution in [0.4, 0.5) is 0 Å². The number of rotatable bonds is 8. The molecule has 144 valence electrons. The van der Waals surface area contributed by atoms with Crippen molar-refractivity contribution >= 4 is 27.6 Å². The van der Waals surface area contributed by atoms with Crippen molar-refractivity contribution < 1.29 is 23.1 Å². The van der Waals surface area contributed by atoms with Gasteiger partial charge in [0, 0.05) is 11.6 Å². The Morgan fingerprint density at radius 2 is 1.96 bits per heavy atom. The fourth-order valence-corrected chi connectivity index (χ4v) is 4.46. The number of halogens is 1. The van der Waals surface area contributed by atoms with Gasteiger partial charge in [0.2, 0.25) is 10.0 Å². The minimum atomic E-state index is -3.55. The molecule has 2 aromatic carbocycles. The van der Waals surface area contributed by atoms with Gasteiger partial charge in [-0.2, -0.15) is 0 Å². The van der Waals surface area contributed by atoms with Gasteiger partial charge in [-0.25, -0.2) is 17.9 Å². The summed E-state index contributed by atoms with van der Waals surface area (Å²) >= 11 is 5.79. The highest BCUT2D eigenvalue weighted by molar-refractivity contribution is 7.89. The normalized spacial score (nSPS) is 16.1. The van der Waals surface area contributed by atoms with Gasteiger partial charge in [0.05, 0.1) is 4.90 Å². The standard InChI is InChI=1S/C19H20ClNO5S/c20-15-3-6-17(7-4-15)27(24,25)21-10-9-13-1-2-14-11-16(5-8-18(13)14)26-12-19(22)23/h3-8,11,13,21H,1-2,9-10,12H2,(H,22,23). The van der Waals surface area contributed by atoms with E-state index in [9.17, 15) is 13.2 Å². The number of carboxylic acid groups (broad SMARTS) is 1. The molecule has 6 nitrogen and oxygen atoms in total. The number of hydrogen-bond acceptors (Lipinski definition) is 4. The zero-order valence-electron chi connectivity index (χ0n) is 14.5. The van der Waals surface area contributed by atoms with Gasteiger partial charge in [0.15, 0.2) is 6.61 Å². The minimum absolute atomic E-state index is 0.193. The number of carboxylic acids is 1. The summed E-state index contributed by atoms with van der Waals surface area (Å²) in [4.78, 5) is 10.8. The third kappa shape index (κ3) is 5.00. The second-order valence-corrected chi connectivity index (χ2v) is 8.62. The van der Waals surface area contributed by atoms with Gasteiger partial charge < -0.3 is 9.84 Å². The Morgan fingerprint density at radius 1 is 1.22 bits per heavy atom. The fourth-order valence-electron chi connectivity index (χ4n) is 3.28. The Labute approximate surface area is 163 Å². The molecule has 0 spiro atoms. The highest BCUT2D eigenvalue weighted by Gasteiger charge is 2.23. The number of hydrogen-bond donors (Lipinski definition) is 2. The van der Waals surface area contributed by atoms with Gasteiger partial charge in [0.25, 0.3) is 0 Å². The Kier molecular flexibility index (Phi) is 6.04. The van der Waals surface area contributed by atoms with E-state index in [1.54, 1.807) is 18.2 Å². The predicted octanol–water partition coefficient (Wildman–Crippen LogP) is 3.20. The number of ether oxygens (including phenoxy) is 1. The van der Waals surface area contributed by atoms with Gasteiger partial charge in [-0.05, 0) is 72.7 Å². The Bertz CT molecular complexity index is 928. The van der Waals surface area contributed by atoms with Crippen molar-refractivity contribution in [1.82, 2.24) is 4.72 Å². The van der Waals surface area contributed by atoms with Gasteiger partial charge in [-0.15, -0.1) is 0 Å². The summed E-state index contributed by atoms with van der Waals surface area (Å²) in [7, 11) is -3.55. The summed E-state index contributed by atoms with van der Waals surface area (Å²) in [6.45, 7) is -0.0268. The molecule has 1 aliphatic carbocycles. The molecule has 2 aromatic rings. The zero-order chi connectivity index (χ0) is 19.4. The molecule has 0 radical (unpaired) electrons. The summed E-state index contributed by atoms with van der Waals surface area (Å²) in [6.07, 6.45) is 2.49. The summed E-state index contributed by atoms with van der Waals surface area (Å²) in [5, 5.41) is 9.17. The van der Waals surface area contributed by atoms with E-state index in [0.717, 1.165) is 18.4 Å². The molecule has 0 saturated carbocycles. The van der Waals surface area contributed by atoms with Crippen LogP contribution in [-0.4, -0.2) is 32.6 Å². The molecule has 3 rings (SSSR count). The maximum absolute atomic E-state index is 12.3. The van der Waals surface area contributed by atoms with Crippen molar-refractivity contribution in [2.24, 2.45) is 0 Å². The molecule has 0 heterocycles. The van der Waals surface area contributed by atoms with E-state index in [4.69, 9.17) is 21.4 Å². The second kappa shape index (κ2) is 8.29. The van der Waals surface area contributed by atoms with Crippen molar-refractivity contribution in [3.63, 3.8) is 0 Å². The molecule has 0 saturated heterocycles. The first-order valence-corrected chi connectivity index (χ1v) is 10.4. The van der Waals surface area contributed by atoms with E-state index in [-0.39, 0.29) is 17.4 Å². The monoisotopic (exact) mass is 409 g/mol. The van der Waals surface area contributed by atoms with Crippen molar-refractivity contribution in [2.45, 2.75) is 30.1 Å². The van der Waals surface area contributed by atoms with Crippen molar-refractivity contribution in [1.29, 1.82) is 0 Å². The topological polar surface area (TPSA) is 92.7 Å². The van der Waals surface area contributed by atoms with Crippen LogP contribution in [0.3, 0.4) is 0 Å². The third-order valence-electron chi connectivity index (χ3n) is 4.59.